The normalized spacial score (nSPS) is 10.4. The van der Waals surface area contributed by atoms with Crippen molar-refractivity contribution in [1.29, 1.82) is 0 Å². The van der Waals surface area contributed by atoms with E-state index >= 15 is 0 Å². The summed E-state index contributed by atoms with van der Waals surface area (Å²) in [6.07, 6.45) is 0.645. The molecule has 2 heteroatoms. The summed E-state index contributed by atoms with van der Waals surface area (Å²) >= 11 is 13.5. The summed E-state index contributed by atoms with van der Waals surface area (Å²) in [5, 5.41) is 1.26. The van der Waals surface area contributed by atoms with Crippen LogP contribution in [0.15, 0.2) is 109 Å². The maximum atomic E-state index is 6.73. The molecule has 4 aromatic rings. The molecule has 0 N–H and O–H groups in total. The average molecular weight is 451 g/mol. The van der Waals surface area contributed by atoms with Crippen molar-refractivity contribution in [3.63, 3.8) is 0 Å². The quantitative estimate of drug-likeness (QED) is 0.222. The molecule has 4 aromatic carbocycles. The van der Waals surface area contributed by atoms with Crippen molar-refractivity contribution >= 4 is 23.2 Å². The zero-order valence-electron chi connectivity index (χ0n) is 17.4. The van der Waals surface area contributed by atoms with Crippen molar-refractivity contribution in [2.45, 2.75) is 11.8 Å². The van der Waals surface area contributed by atoms with Gasteiger partial charge < -0.3 is 0 Å². The maximum absolute atomic E-state index is 6.73. The van der Waals surface area contributed by atoms with Crippen molar-refractivity contribution in [2.24, 2.45) is 0 Å². The monoisotopic (exact) mass is 450 g/mol. The topological polar surface area (TPSA) is 0 Å². The van der Waals surface area contributed by atoms with Gasteiger partial charge >= 0.3 is 0 Å². The highest BCUT2D eigenvalue weighted by Crippen LogP contribution is 2.44. The molecule has 0 saturated carbocycles. The van der Waals surface area contributed by atoms with Crippen LogP contribution >= 0.6 is 23.2 Å². The van der Waals surface area contributed by atoms with E-state index in [0.29, 0.717) is 16.5 Å². The third kappa shape index (κ3) is 4.59. The number of hydrogen-bond acceptors (Lipinski definition) is 0. The van der Waals surface area contributed by atoms with Crippen LogP contribution in [-0.4, -0.2) is 0 Å². The van der Waals surface area contributed by atoms with E-state index in [1.165, 1.54) is 0 Å². The van der Waals surface area contributed by atoms with Crippen LogP contribution in [0.3, 0.4) is 0 Å². The van der Waals surface area contributed by atoms with Crippen molar-refractivity contribution in [3.8, 4) is 23.7 Å². The summed E-state index contributed by atoms with van der Waals surface area (Å²) in [6.45, 7) is 0. The third-order valence-corrected chi connectivity index (χ3v) is 5.96. The summed E-state index contributed by atoms with van der Waals surface area (Å²) in [5.74, 6) is 12.8. The van der Waals surface area contributed by atoms with Gasteiger partial charge in [-0.1, -0.05) is 132 Å². The Morgan fingerprint density at radius 3 is 1.62 bits per heavy atom. The number of halogens is 2. The van der Waals surface area contributed by atoms with E-state index in [1.807, 2.05) is 84.9 Å². The van der Waals surface area contributed by atoms with E-state index in [4.69, 9.17) is 23.2 Å². The smallest absolute Gasteiger partial charge is 0.0843 e. The van der Waals surface area contributed by atoms with E-state index in [9.17, 15) is 0 Å². The van der Waals surface area contributed by atoms with Gasteiger partial charge in [0.1, 0.15) is 5.41 Å². The Hall–Kier alpha value is -3.42. The molecule has 0 fully saturated rings. The second kappa shape index (κ2) is 10.3. The molecule has 0 unspecified atom stereocenters. The van der Waals surface area contributed by atoms with Gasteiger partial charge in [-0.25, -0.2) is 0 Å². The Kier molecular flexibility index (Phi) is 6.99. The molecule has 0 bridgehead atoms. The zero-order chi connectivity index (χ0) is 22.2. The maximum Gasteiger partial charge on any atom is 0.110 e. The van der Waals surface area contributed by atoms with Crippen LogP contribution in [0.5, 0.6) is 0 Å². The minimum Gasteiger partial charge on any atom is -0.0843 e. The Morgan fingerprint density at radius 1 is 0.562 bits per heavy atom. The lowest BCUT2D eigenvalue weighted by atomic mass is 9.70. The Balaban J connectivity index is 1.91. The molecule has 0 saturated heterocycles. The van der Waals surface area contributed by atoms with Gasteiger partial charge in [-0.15, -0.1) is 0 Å². The summed E-state index contributed by atoms with van der Waals surface area (Å²) in [5.41, 5.74) is 3.03. The molecule has 0 spiro atoms. The summed E-state index contributed by atoms with van der Waals surface area (Å²) < 4.78 is 0. The Bertz CT molecular complexity index is 1270. The number of hydrogen-bond donors (Lipinski definition) is 0. The van der Waals surface area contributed by atoms with Crippen LogP contribution < -0.4 is 0 Å². The Morgan fingerprint density at radius 2 is 1.06 bits per heavy atom. The van der Waals surface area contributed by atoms with E-state index in [2.05, 4.69) is 47.9 Å². The van der Waals surface area contributed by atoms with Crippen LogP contribution in [-0.2, 0) is 11.8 Å². The largest absolute Gasteiger partial charge is 0.110 e. The van der Waals surface area contributed by atoms with Crippen LogP contribution in [0.25, 0.3) is 0 Å². The van der Waals surface area contributed by atoms with E-state index in [1.54, 1.807) is 0 Å². The van der Waals surface area contributed by atoms with Gasteiger partial charge in [0.05, 0.1) is 0 Å². The molecule has 0 nitrogen and oxygen atoms in total. The standard InChI is InChI=1S/C30H20Cl2/c31-28-21-11-9-19-26(28)30(25-17-7-2-8-18-25,27-20-10-12-22-29(27)32)23-13-3-6-16-24-14-4-1-5-15-24/h1-2,4-5,7-12,14-15,17-22H,16H2. The molecule has 0 radical (unpaired) electrons. The fourth-order valence-electron chi connectivity index (χ4n) is 3.79. The SMILES string of the molecule is Clc1ccccc1C(C#CC#CCc1ccccc1)(c1ccccc1)c1ccccc1Cl. The van der Waals surface area contributed by atoms with E-state index in [-0.39, 0.29) is 0 Å². The molecular weight excluding hydrogens is 431 g/mol. The summed E-state index contributed by atoms with van der Waals surface area (Å²) in [6, 6.07) is 35.8. The zero-order valence-corrected chi connectivity index (χ0v) is 18.9. The van der Waals surface area contributed by atoms with E-state index < -0.39 is 5.41 Å². The van der Waals surface area contributed by atoms with Gasteiger partial charge in [-0.2, -0.15) is 0 Å². The minimum absolute atomic E-state index is 0.628. The number of benzene rings is 4. The second-order valence-electron chi connectivity index (χ2n) is 7.29. The molecule has 4 rings (SSSR count). The molecule has 154 valence electrons. The van der Waals surface area contributed by atoms with Crippen LogP contribution in [0, 0.1) is 23.7 Å². The van der Waals surface area contributed by atoms with Crippen LogP contribution in [0.1, 0.15) is 22.3 Å². The molecular formula is C30H20Cl2. The third-order valence-electron chi connectivity index (χ3n) is 5.30. The lowest BCUT2D eigenvalue weighted by Crippen LogP contribution is -2.28. The minimum atomic E-state index is -0.862. The van der Waals surface area contributed by atoms with Crippen molar-refractivity contribution in [3.05, 3.63) is 141 Å². The van der Waals surface area contributed by atoms with Gasteiger partial charge in [-0.05, 0) is 46.2 Å². The summed E-state index contributed by atoms with van der Waals surface area (Å²) in [4.78, 5) is 0. The molecule has 0 atom stereocenters. The highest BCUT2D eigenvalue weighted by atomic mass is 35.5. The first-order valence-corrected chi connectivity index (χ1v) is 11.1. The first-order valence-electron chi connectivity index (χ1n) is 10.3. The molecule has 0 heterocycles. The van der Waals surface area contributed by atoms with Crippen LogP contribution in [0.2, 0.25) is 10.0 Å². The lowest BCUT2D eigenvalue weighted by Gasteiger charge is -2.32. The number of rotatable bonds is 4. The van der Waals surface area contributed by atoms with Crippen LogP contribution in [0.4, 0.5) is 0 Å². The molecule has 0 aliphatic rings. The van der Waals surface area contributed by atoms with Gasteiger partial charge in [0.2, 0.25) is 0 Å². The van der Waals surface area contributed by atoms with Gasteiger partial charge in [-0.3, -0.25) is 0 Å². The fraction of sp³-hybridized carbons (Fsp3) is 0.0667. The van der Waals surface area contributed by atoms with Gasteiger partial charge in [0.15, 0.2) is 0 Å². The predicted molar refractivity (Wildman–Crippen MR) is 135 cm³/mol. The van der Waals surface area contributed by atoms with E-state index in [0.717, 1.165) is 22.3 Å². The summed E-state index contributed by atoms with van der Waals surface area (Å²) in [7, 11) is 0. The lowest BCUT2D eigenvalue weighted by molar-refractivity contribution is 0.810. The fourth-order valence-corrected chi connectivity index (χ4v) is 4.35. The van der Waals surface area contributed by atoms with Gasteiger partial charge in [0, 0.05) is 16.5 Å². The highest BCUT2D eigenvalue weighted by molar-refractivity contribution is 6.32. The molecule has 32 heavy (non-hydrogen) atoms. The first kappa shape index (κ1) is 21.8. The Labute approximate surface area is 199 Å². The average Bonchev–Trinajstić information content (AvgIpc) is 2.84. The van der Waals surface area contributed by atoms with Crippen molar-refractivity contribution < 1.29 is 0 Å². The predicted octanol–water partition coefficient (Wildman–Crippen LogP) is 7.58. The van der Waals surface area contributed by atoms with Crippen molar-refractivity contribution in [1.82, 2.24) is 0 Å². The van der Waals surface area contributed by atoms with Gasteiger partial charge in [0.25, 0.3) is 0 Å². The molecule has 0 aliphatic heterocycles. The van der Waals surface area contributed by atoms with Crippen molar-refractivity contribution in [2.75, 3.05) is 0 Å². The molecule has 0 amide bonds. The highest BCUT2D eigenvalue weighted by Gasteiger charge is 2.38. The first-order chi connectivity index (χ1) is 15.7. The second-order valence-corrected chi connectivity index (χ2v) is 8.10. The molecule has 0 aromatic heterocycles. The molecule has 0 aliphatic carbocycles.